The van der Waals surface area contributed by atoms with Gasteiger partial charge in [0, 0.05) is 12.1 Å². The number of anilines is 1. The van der Waals surface area contributed by atoms with E-state index in [1.807, 2.05) is 39.8 Å². The van der Waals surface area contributed by atoms with E-state index in [2.05, 4.69) is 26.6 Å². The SMILES string of the molecule is CCc1nc(S[C@H](C)C(=O)Nc2ccc(C)cc2C)n[nH]1. The van der Waals surface area contributed by atoms with Crippen molar-refractivity contribution in [3.05, 3.63) is 35.2 Å². The van der Waals surface area contributed by atoms with E-state index >= 15 is 0 Å². The molecule has 0 aliphatic heterocycles. The number of rotatable bonds is 5. The molecule has 21 heavy (non-hydrogen) atoms. The Bertz CT molecular complexity index is 638. The predicted molar refractivity (Wildman–Crippen MR) is 85.6 cm³/mol. The van der Waals surface area contributed by atoms with Gasteiger partial charge in [0.2, 0.25) is 11.1 Å². The summed E-state index contributed by atoms with van der Waals surface area (Å²) in [6, 6.07) is 5.97. The molecule has 1 amide bonds. The summed E-state index contributed by atoms with van der Waals surface area (Å²) >= 11 is 1.35. The molecule has 0 aliphatic rings. The molecule has 1 aromatic heterocycles. The molecule has 0 fully saturated rings. The summed E-state index contributed by atoms with van der Waals surface area (Å²) in [5.41, 5.74) is 3.09. The minimum atomic E-state index is -0.258. The third kappa shape index (κ3) is 4.07. The van der Waals surface area contributed by atoms with Crippen LogP contribution in [0.25, 0.3) is 0 Å². The van der Waals surface area contributed by atoms with Crippen LogP contribution in [0, 0.1) is 13.8 Å². The number of H-pyrrole nitrogens is 1. The highest BCUT2D eigenvalue weighted by Crippen LogP contribution is 2.22. The number of carbonyl (C=O) groups is 1. The summed E-state index contributed by atoms with van der Waals surface area (Å²) in [5, 5.41) is 10.2. The molecule has 2 rings (SSSR count). The van der Waals surface area contributed by atoms with Crippen LogP contribution in [-0.2, 0) is 11.2 Å². The minimum Gasteiger partial charge on any atom is -0.325 e. The molecule has 2 aromatic rings. The summed E-state index contributed by atoms with van der Waals surface area (Å²) in [7, 11) is 0. The molecule has 112 valence electrons. The van der Waals surface area contributed by atoms with Gasteiger partial charge in [0.1, 0.15) is 5.82 Å². The lowest BCUT2D eigenvalue weighted by Gasteiger charge is -2.12. The number of thioether (sulfide) groups is 1. The van der Waals surface area contributed by atoms with Gasteiger partial charge in [-0.2, -0.15) is 0 Å². The summed E-state index contributed by atoms with van der Waals surface area (Å²) in [6.45, 7) is 7.88. The van der Waals surface area contributed by atoms with Gasteiger partial charge in [-0.15, -0.1) is 5.10 Å². The maximum atomic E-state index is 12.2. The van der Waals surface area contributed by atoms with Crippen molar-refractivity contribution in [3.63, 3.8) is 0 Å². The number of hydrogen-bond donors (Lipinski definition) is 2. The highest BCUT2D eigenvalue weighted by atomic mass is 32.2. The average molecular weight is 304 g/mol. The maximum Gasteiger partial charge on any atom is 0.237 e. The first-order chi connectivity index (χ1) is 9.99. The fraction of sp³-hybridized carbons (Fsp3) is 0.400. The number of carbonyl (C=O) groups excluding carboxylic acids is 1. The summed E-state index contributed by atoms with van der Waals surface area (Å²) in [4.78, 5) is 16.5. The van der Waals surface area contributed by atoms with Crippen molar-refractivity contribution in [1.82, 2.24) is 15.2 Å². The van der Waals surface area contributed by atoms with Gasteiger partial charge >= 0.3 is 0 Å². The van der Waals surface area contributed by atoms with Crippen molar-refractivity contribution in [2.45, 2.75) is 44.5 Å². The number of aryl methyl sites for hydroxylation is 3. The lowest BCUT2D eigenvalue weighted by molar-refractivity contribution is -0.115. The van der Waals surface area contributed by atoms with E-state index in [0.717, 1.165) is 23.5 Å². The van der Waals surface area contributed by atoms with Crippen LogP contribution in [0.5, 0.6) is 0 Å². The van der Waals surface area contributed by atoms with Crippen LogP contribution in [0.3, 0.4) is 0 Å². The largest absolute Gasteiger partial charge is 0.325 e. The first kappa shape index (κ1) is 15.6. The molecule has 1 heterocycles. The Kier molecular flexibility index (Phi) is 5.01. The lowest BCUT2D eigenvalue weighted by Crippen LogP contribution is -2.23. The number of aromatic amines is 1. The molecule has 0 spiro atoms. The average Bonchev–Trinajstić information content (AvgIpc) is 2.89. The van der Waals surface area contributed by atoms with E-state index in [0.29, 0.717) is 5.16 Å². The first-order valence-corrected chi connectivity index (χ1v) is 7.83. The standard InChI is InChI=1S/C15H20N4OS/c1-5-13-17-15(19-18-13)21-11(4)14(20)16-12-7-6-9(2)8-10(12)3/h6-8,11H,5H2,1-4H3,(H,16,20)(H,17,18,19)/t11-/m1/s1. The van der Waals surface area contributed by atoms with Crippen LogP contribution in [0.2, 0.25) is 0 Å². The quantitative estimate of drug-likeness (QED) is 0.833. The van der Waals surface area contributed by atoms with Crippen molar-refractivity contribution in [1.29, 1.82) is 0 Å². The number of hydrogen-bond acceptors (Lipinski definition) is 4. The Morgan fingerprint density at radius 1 is 1.43 bits per heavy atom. The normalized spacial score (nSPS) is 12.2. The monoisotopic (exact) mass is 304 g/mol. The molecule has 0 unspecified atom stereocenters. The third-order valence-corrected chi connectivity index (χ3v) is 4.10. The lowest BCUT2D eigenvalue weighted by atomic mass is 10.1. The van der Waals surface area contributed by atoms with Crippen molar-refractivity contribution < 1.29 is 4.79 Å². The van der Waals surface area contributed by atoms with E-state index in [1.54, 1.807) is 0 Å². The van der Waals surface area contributed by atoms with E-state index in [1.165, 1.54) is 17.3 Å². The molecular formula is C15H20N4OS. The number of amides is 1. The third-order valence-electron chi connectivity index (χ3n) is 3.14. The second kappa shape index (κ2) is 6.76. The number of aromatic nitrogens is 3. The first-order valence-electron chi connectivity index (χ1n) is 6.95. The van der Waals surface area contributed by atoms with Crippen LogP contribution < -0.4 is 5.32 Å². The van der Waals surface area contributed by atoms with Crippen LogP contribution in [0.15, 0.2) is 23.4 Å². The van der Waals surface area contributed by atoms with E-state index in [4.69, 9.17) is 0 Å². The second-order valence-electron chi connectivity index (χ2n) is 4.99. The molecule has 1 atom stereocenters. The van der Waals surface area contributed by atoms with Gasteiger partial charge in [0.25, 0.3) is 0 Å². The second-order valence-corrected chi connectivity index (χ2v) is 6.29. The Morgan fingerprint density at radius 2 is 2.19 bits per heavy atom. The van der Waals surface area contributed by atoms with Gasteiger partial charge < -0.3 is 5.32 Å². The van der Waals surface area contributed by atoms with Gasteiger partial charge in [-0.25, -0.2) is 4.98 Å². The predicted octanol–water partition coefficient (Wildman–Crippen LogP) is 3.10. The molecule has 0 saturated carbocycles. The number of nitrogens with zero attached hydrogens (tertiary/aromatic N) is 2. The van der Waals surface area contributed by atoms with Gasteiger partial charge in [0.15, 0.2) is 0 Å². The number of benzene rings is 1. The van der Waals surface area contributed by atoms with E-state index in [-0.39, 0.29) is 11.2 Å². The Balaban J connectivity index is 1.99. The topological polar surface area (TPSA) is 70.7 Å². The highest BCUT2D eigenvalue weighted by molar-refractivity contribution is 8.00. The Morgan fingerprint density at radius 3 is 2.81 bits per heavy atom. The maximum absolute atomic E-state index is 12.2. The van der Waals surface area contributed by atoms with Crippen molar-refractivity contribution >= 4 is 23.4 Å². The Hall–Kier alpha value is -1.82. The van der Waals surface area contributed by atoms with Crippen LogP contribution in [-0.4, -0.2) is 26.3 Å². The molecule has 2 N–H and O–H groups in total. The molecule has 1 aromatic carbocycles. The van der Waals surface area contributed by atoms with E-state index < -0.39 is 0 Å². The summed E-state index contributed by atoms with van der Waals surface area (Å²) < 4.78 is 0. The molecule has 6 heteroatoms. The zero-order chi connectivity index (χ0) is 15.4. The molecule has 0 aliphatic carbocycles. The molecular weight excluding hydrogens is 284 g/mol. The van der Waals surface area contributed by atoms with Gasteiger partial charge in [-0.3, -0.25) is 9.89 Å². The van der Waals surface area contributed by atoms with E-state index in [9.17, 15) is 4.79 Å². The zero-order valence-corrected chi connectivity index (χ0v) is 13.5. The van der Waals surface area contributed by atoms with Crippen molar-refractivity contribution in [2.75, 3.05) is 5.32 Å². The molecule has 5 nitrogen and oxygen atoms in total. The molecule has 0 saturated heterocycles. The van der Waals surface area contributed by atoms with Crippen LogP contribution in [0.4, 0.5) is 5.69 Å². The van der Waals surface area contributed by atoms with Crippen molar-refractivity contribution in [2.24, 2.45) is 0 Å². The van der Waals surface area contributed by atoms with Gasteiger partial charge in [-0.05, 0) is 32.4 Å². The number of nitrogens with one attached hydrogen (secondary N) is 2. The zero-order valence-electron chi connectivity index (χ0n) is 12.7. The fourth-order valence-electron chi connectivity index (χ4n) is 1.89. The minimum absolute atomic E-state index is 0.0465. The fourth-order valence-corrected chi connectivity index (χ4v) is 2.63. The molecule has 0 bridgehead atoms. The van der Waals surface area contributed by atoms with Gasteiger partial charge in [-0.1, -0.05) is 36.4 Å². The molecule has 0 radical (unpaired) electrons. The van der Waals surface area contributed by atoms with Crippen LogP contribution in [0.1, 0.15) is 30.8 Å². The van der Waals surface area contributed by atoms with Gasteiger partial charge in [0.05, 0.1) is 5.25 Å². The summed E-state index contributed by atoms with van der Waals surface area (Å²) in [5.74, 6) is 0.786. The highest BCUT2D eigenvalue weighted by Gasteiger charge is 2.17. The summed E-state index contributed by atoms with van der Waals surface area (Å²) in [6.07, 6.45) is 0.802. The smallest absolute Gasteiger partial charge is 0.237 e. The Labute approximate surface area is 128 Å². The van der Waals surface area contributed by atoms with Crippen molar-refractivity contribution in [3.8, 4) is 0 Å². The van der Waals surface area contributed by atoms with Crippen LogP contribution >= 0.6 is 11.8 Å².